The van der Waals surface area contributed by atoms with Crippen molar-refractivity contribution >= 4 is 33.3 Å². The standard InChI is InChI=1S/C13H12BrN3O2/c1-19-13(18)6-9-8-17(16-12(9)7-15)11-4-2-10(14)3-5-11/h2-5,9H,6,8H2,1H3. The Labute approximate surface area is 119 Å². The van der Waals surface area contributed by atoms with Crippen LogP contribution in [0.3, 0.4) is 0 Å². The molecule has 0 saturated heterocycles. The minimum absolute atomic E-state index is 0.177. The van der Waals surface area contributed by atoms with Crippen LogP contribution in [0.4, 0.5) is 5.69 Å². The number of nitriles is 1. The van der Waals surface area contributed by atoms with Crippen molar-refractivity contribution < 1.29 is 9.53 Å². The molecule has 1 aliphatic rings. The maximum Gasteiger partial charge on any atom is 0.306 e. The summed E-state index contributed by atoms with van der Waals surface area (Å²) in [6, 6.07) is 9.67. The number of nitrogens with zero attached hydrogens (tertiary/aromatic N) is 3. The van der Waals surface area contributed by atoms with Crippen LogP contribution in [0.15, 0.2) is 33.8 Å². The average Bonchev–Trinajstić information content (AvgIpc) is 2.82. The first kappa shape index (κ1) is 13.6. The van der Waals surface area contributed by atoms with E-state index in [1.165, 1.54) is 7.11 Å². The molecular weight excluding hydrogens is 310 g/mol. The van der Waals surface area contributed by atoms with Crippen molar-refractivity contribution in [2.24, 2.45) is 11.0 Å². The maximum atomic E-state index is 11.3. The van der Waals surface area contributed by atoms with E-state index in [1.54, 1.807) is 5.01 Å². The Balaban J connectivity index is 2.14. The highest BCUT2D eigenvalue weighted by atomic mass is 79.9. The second-order valence-electron chi connectivity index (χ2n) is 4.13. The molecule has 98 valence electrons. The topological polar surface area (TPSA) is 65.7 Å². The SMILES string of the molecule is COC(=O)CC1CN(c2ccc(Br)cc2)N=C1C#N. The van der Waals surface area contributed by atoms with Crippen molar-refractivity contribution in [1.29, 1.82) is 5.26 Å². The summed E-state index contributed by atoms with van der Waals surface area (Å²) in [7, 11) is 1.34. The van der Waals surface area contributed by atoms with Crippen LogP contribution >= 0.6 is 15.9 Å². The molecule has 1 unspecified atom stereocenters. The normalized spacial score (nSPS) is 17.8. The number of carbonyl (C=O) groups is 1. The number of methoxy groups -OCH3 is 1. The molecule has 0 aliphatic carbocycles. The first-order chi connectivity index (χ1) is 9.13. The van der Waals surface area contributed by atoms with E-state index in [9.17, 15) is 4.79 Å². The van der Waals surface area contributed by atoms with Crippen LogP contribution in [0.25, 0.3) is 0 Å². The van der Waals surface area contributed by atoms with Crippen LogP contribution in [0.1, 0.15) is 6.42 Å². The molecule has 5 nitrogen and oxygen atoms in total. The molecule has 0 aromatic heterocycles. The molecule has 0 fully saturated rings. The molecule has 0 amide bonds. The Kier molecular flexibility index (Phi) is 4.17. The largest absolute Gasteiger partial charge is 0.469 e. The smallest absolute Gasteiger partial charge is 0.306 e. The fourth-order valence-corrected chi connectivity index (χ4v) is 2.15. The lowest BCUT2D eigenvalue weighted by Gasteiger charge is -2.15. The van der Waals surface area contributed by atoms with Gasteiger partial charge >= 0.3 is 5.97 Å². The van der Waals surface area contributed by atoms with Gasteiger partial charge in [0.15, 0.2) is 0 Å². The van der Waals surface area contributed by atoms with Crippen LogP contribution in [-0.2, 0) is 9.53 Å². The first-order valence-electron chi connectivity index (χ1n) is 5.72. The number of ether oxygens (including phenoxy) is 1. The van der Waals surface area contributed by atoms with Crippen molar-refractivity contribution in [3.63, 3.8) is 0 Å². The van der Waals surface area contributed by atoms with Crippen molar-refractivity contribution in [1.82, 2.24) is 0 Å². The molecule has 0 saturated carbocycles. The van der Waals surface area contributed by atoms with Gasteiger partial charge in [-0.2, -0.15) is 10.4 Å². The van der Waals surface area contributed by atoms with Gasteiger partial charge in [-0.1, -0.05) is 15.9 Å². The van der Waals surface area contributed by atoms with E-state index in [-0.39, 0.29) is 18.3 Å². The zero-order chi connectivity index (χ0) is 13.8. The van der Waals surface area contributed by atoms with Crippen molar-refractivity contribution in [2.45, 2.75) is 6.42 Å². The predicted octanol–water partition coefficient (Wildman–Crippen LogP) is 2.33. The zero-order valence-corrected chi connectivity index (χ0v) is 11.9. The summed E-state index contributed by atoms with van der Waals surface area (Å²) in [6.45, 7) is 0.514. The van der Waals surface area contributed by atoms with Gasteiger partial charge in [0.25, 0.3) is 0 Å². The second kappa shape index (κ2) is 5.85. The Hall–Kier alpha value is -1.87. The van der Waals surface area contributed by atoms with Gasteiger partial charge in [-0.05, 0) is 24.3 Å². The molecule has 1 atom stereocenters. The average molecular weight is 322 g/mol. The van der Waals surface area contributed by atoms with Gasteiger partial charge in [0.05, 0.1) is 25.8 Å². The number of esters is 1. The van der Waals surface area contributed by atoms with E-state index in [4.69, 9.17) is 5.26 Å². The van der Waals surface area contributed by atoms with Crippen LogP contribution < -0.4 is 5.01 Å². The van der Waals surface area contributed by atoms with Gasteiger partial charge in [0.2, 0.25) is 0 Å². The van der Waals surface area contributed by atoms with E-state index >= 15 is 0 Å². The second-order valence-corrected chi connectivity index (χ2v) is 5.05. The summed E-state index contributed by atoms with van der Waals surface area (Å²) in [5.74, 6) is -0.535. The first-order valence-corrected chi connectivity index (χ1v) is 6.52. The minimum Gasteiger partial charge on any atom is -0.469 e. The summed E-state index contributed by atoms with van der Waals surface area (Å²) >= 11 is 3.37. The van der Waals surface area contributed by atoms with Crippen molar-refractivity contribution in [2.75, 3.05) is 18.7 Å². The number of halogens is 1. The predicted molar refractivity (Wildman–Crippen MR) is 74.7 cm³/mol. The molecule has 2 rings (SSSR count). The minimum atomic E-state index is -0.328. The third-order valence-electron chi connectivity index (χ3n) is 2.89. The monoisotopic (exact) mass is 321 g/mol. The van der Waals surface area contributed by atoms with Crippen molar-refractivity contribution in [3.05, 3.63) is 28.7 Å². The van der Waals surface area contributed by atoms with Gasteiger partial charge in [-0.3, -0.25) is 9.80 Å². The zero-order valence-electron chi connectivity index (χ0n) is 10.3. The number of hydrogen-bond acceptors (Lipinski definition) is 5. The fraction of sp³-hybridized carbons (Fsp3) is 0.308. The summed E-state index contributed by atoms with van der Waals surface area (Å²) < 4.78 is 5.61. The number of benzene rings is 1. The summed E-state index contributed by atoms with van der Waals surface area (Å²) in [5, 5.41) is 15.0. The Morgan fingerprint density at radius 3 is 2.84 bits per heavy atom. The molecule has 1 aromatic carbocycles. The molecular formula is C13H12BrN3O2. The molecule has 0 N–H and O–H groups in total. The van der Waals surface area contributed by atoms with E-state index < -0.39 is 0 Å². The van der Waals surface area contributed by atoms with Crippen LogP contribution in [0.2, 0.25) is 0 Å². The summed E-state index contributed by atoms with van der Waals surface area (Å²) in [4.78, 5) is 11.3. The number of anilines is 1. The van der Waals surface area contributed by atoms with Gasteiger partial charge in [0.1, 0.15) is 11.8 Å². The van der Waals surface area contributed by atoms with E-state index in [2.05, 4.69) is 25.8 Å². The third kappa shape index (κ3) is 3.12. The molecule has 0 spiro atoms. The molecule has 1 aliphatic heterocycles. The number of carbonyl (C=O) groups excluding carboxylic acids is 1. The van der Waals surface area contributed by atoms with Gasteiger partial charge in [-0.25, -0.2) is 0 Å². The lowest BCUT2D eigenvalue weighted by Crippen LogP contribution is -2.22. The Bertz CT molecular complexity index is 548. The van der Waals surface area contributed by atoms with E-state index in [0.717, 1.165) is 10.2 Å². The Morgan fingerprint density at radius 2 is 2.26 bits per heavy atom. The molecule has 1 heterocycles. The Morgan fingerprint density at radius 1 is 1.58 bits per heavy atom. The molecule has 0 radical (unpaired) electrons. The molecule has 0 bridgehead atoms. The van der Waals surface area contributed by atoms with Crippen LogP contribution in [-0.4, -0.2) is 25.3 Å². The lowest BCUT2D eigenvalue weighted by atomic mass is 10.0. The summed E-state index contributed by atoms with van der Waals surface area (Å²) in [5.41, 5.74) is 1.26. The summed E-state index contributed by atoms with van der Waals surface area (Å²) in [6.07, 6.45) is 0.177. The number of rotatable bonds is 3. The lowest BCUT2D eigenvalue weighted by molar-refractivity contribution is -0.141. The molecule has 1 aromatic rings. The highest BCUT2D eigenvalue weighted by Crippen LogP contribution is 2.25. The quantitative estimate of drug-likeness (QED) is 0.801. The number of hydrazone groups is 1. The van der Waals surface area contributed by atoms with Gasteiger partial charge in [0, 0.05) is 10.4 Å². The third-order valence-corrected chi connectivity index (χ3v) is 3.42. The number of hydrogen-bond donors (Lipinski definition) is 0. The van der Waals surface area contributed by atoms with E-state index in [1.807, 2.05) is 30.3 Å². The van der Waals surface area contributed by atoms with Crippen molar-refractivity contribution in [3.8, 4) is 6.07 Å². The van der Waals surface area contributed by atoms with Crippen LogP contribution in [0, 0.1) is 17.2 Å². The van der Waals surface area contributed by atoms with E-state index in [0.29, 0.717) is 12.3 Å². The maximum absolute atomic E-state index is 11.3. The highest BCUT2D eigenvalue weighted by Gasteiger charge is 2.29. The van der Waals surface area contributed by atoms with Crippen LogP contribution in [0.5, 0.6) is 0 Å². The van der Waals surface area contributed by atoms with Gasteiger partial charge in [-0.15, -0.1) is 0 Å². The van der Waals surface area contributed by atoms with Gasteiger partial charge < -0.3 is 4.74 Å². The fourth-order valence-electron chi connectivity index (χ4n) is 1.88. The highest BCUT2D eigenvalue weighted by molar-refractivity contribution is 9.10. The molecule has 19 heavy (non-hydrogen) atoms. The molecule has 6 heteroatoms.